The molecule has 0 aliphatic heterocycles. The van der Waals surface area contributed by atoms with Gasteiger partial charge in [-0.3, -0.25) is 0 Å². The SMILES string of the molecule is [Ge].[O-][Si]([O-])([O-])[O-].[Ti+4]. The van der Waals surface area contributed by atoms with E-state index in [4.69, 9.17) is 19.2 Å². The van der Waals surface area contributed by atoms with Gasteiger partial charge in [-0.2, -0.15) is 0 Å². The molecular formula is GeO4SiTi. The summed E-state index contributed by atoms with van der Waals surface area (Å²) in [6, 6.07) is 0. The fourth-order valence-corrected chi connectivity index (χ4v) is 0. The van der Waals surface area contributed by atoms with Crippen LogP contribution >= 0.6 is 0 Å². The van der Waals surface area contributed by atoms with Crippen molar-refractivity contribution < 1.29 is 40.9 Å². The molecule has 0 saturated carbocycles. The van der Waals surface area contributed by atoms with E-state index in [9.17, 15) is 0 Å². The van der Waals surface area contributed by atoms with Crippen molar-refractivity contribution in [1.29, 1.82) is 0 Å². The molecule has 0 aromatic carbocycles. The maximum absolute atomic E-state index is 8.58. The molecule has 0 N–H and O–H groups in total. The van der Waals surface area contributed by atoms with Crippen molar-refractivity contribution >= 4 is 26.6 Å². The minimum atomic E-state index is -5.61. The van der Waals surface area contributed by atoms with E-state index < -0.39 is 9.05 Å². The first kappa shape index (κ1) is 15.7. The van der Waals surface area contributed by atoms with Gasteiger partial charge in [0.15, 0.2) is 0 Å². The molecule has 0 unspecified atom stereocenters. The number of hydrogen-bond acceptors (Lipinski definition) is 4. The summed E-state index contributed by atoms with van der Waals surface area (Å²) in [7, 11) is -5.61. The zero-order valence-electron chi connectivity index (χ0n) is 3.13. The molecule has 0 saturated heterocycles. The van der Waals surface area contributed by atoms with E-state index in [0.29, 0.717) is 0 Å². The van der Waals surface area contributed by atoms with Gasteiger partial charge in [0.1, 0.15) is 0 Å². The van der Waals surface area contributed by atoms with Gasteiger partial charge in [0.25, 0.3) is 0 Å². The second-order valence-corrected chi connectivity index (χ2v) is 1.50. The van der Waals surface area contributed by atoms with Crippen molar-refractivity contribution in [2.75, 3.05) is 0 Å². The van der Waals surface area contributed by atoms with E-state index in [-0.39, 0.29) is 39.3 Å². The standard InChI is InChI=1S/Ge.O4Si.Ti/c;1-5(2,3)4;/q;-4;+4. The summed E-state index contributed by atoms with van der Waals surface area (Å²) < 4.78 is 0. The molecule has 4 radical (unpaired) electrons. The first-order chi connectivity index (χ1) is 2.00. The van der Waals surface area contributed by atoms with Gasteiger partial charge in [-0.1, -0.05) is 0 Å². The minimum Gasteiger partial charge on any atom is -0.894 e. The predicted octanol–water partition coefficient (Wildman–Crippen LogP) is -5.52. The Kier molecular flexibility index (Phi) is 12.3. The summed E-state index contributed by atoms with van der Waals surface area (Å²) in [6.07, 6.45) is 0. The molecule has 36 valence electrons. The van der Waals surface area contributed by atoms with Crippen LogP contribution in [0.4, 0.5) is 0 Å². The van der Waals surface area contributed by atoms with Crippen LogP contribution in [0.1, 0.15) is 0 Å². The van der Waals surface area contributed by atoms with E-state index in [1.165, 1.54) is 0 Å². The van der Waals surface area contributed by atoms with Gasteiger partial charge < -0.3 is 28.2 Å². The predicted molar refractivity (Wildman–Crippen MR) is 11.5 cm³/mol. The van der Waals surface area contributed by atoms with Crippen LogP contribution in [0, 0.1) is 0 Å². The Morgan fingerprint density at radius 2 is 0.857 bits per heavy atom. The van der Waals surface area contributed by atoms with E-state index in [1.54, 1.807) is 0 Å². The van der Waals surface area contributed by atoms with Crippen molar-refractivity contribution in [3.63, 3.8) is 0 Å². The summed E-state index contributed by atoms with van der Waals surface area (Å²) in [5.41, 5.74) is 0. The maximum Gasteiger partial charge on any atom is 4.00 e. The van der Waals surface area contributed by atoms with Gasteiger partial charge in [0.2, 0.25) is 0 Å². The Labute approximate surface area is 67.5 Å². The van der Waals surface area contributed by atoms with Gasteiger partial charge in [-0.15, -0.1) is 0 Å². The van der Waals surface area contributed by atoms with E-state index in [1.807, 2.05) is 0 Å². The minimum absolute atomic E-state index is 0. The van der Waals surface area contributed by atoms with Crippen LogP contribution in [0.25, 0.3) is 0 Å². The quantitative estimate of drug-likeness (QED) is 0.375. The Hall–Kier alpha value is 1.31. The molecule has 4 nitrogen and oxygen atoms in total. The average Bonchev–Trinajstić information content (AvgIpc) is 0.722. The van der Waals surface area contributed by atoms with Crippen LogP contribution in [0.3, 0.4) is 0 Å². The van der Waals surface area contributed by atoms with Crippen LogP contribution < -0.4 is 19.2 Å². The molecule has 0 bridgehead atoms. The van der Waals surface area contributed by atoms with Crippen LogP contribution in [-0.4, -0.2) is 26.6 Å². The first-order valence-electron chi connectivity index (χ1n) is 0.816. The Bertz CT molecular complexity index is 27.2. The van der Waals surface area contributed by atoms with Crippen molar-refractivity contribution in [2.45, 2.75) is 0 Å². The first-order valence-corrected chi connectivity index (χ1v) is 2.45. The largest absolute Gasteiger partial charge is 4.00 e. The molecule has 0 atom stereocenters. The molecule has 7 heavy (non-hydrogen) atoms. The molecule has 0 aliphatic rings. The molecule has 0 aliphatic carbocycles. The number of hydrogen-bond donors (Lipinski definition) is 0. The van der Waals surface area contributed by atoms with Crippen molar-refractivity contribution in [3.8, 4) is 0 Å². The smallest absolute Gasteiger partial charge is 0.894 e. The van der Waals surface area contributed by atoms with E-state index >= 15 is 0 Å². The molecule has 0 amide bonds. The molecule has 0 spiro atoms. The van der Waals surface area contributed by atoms with E-state index in [0.717, 1.165) is 0 Å². The molecule has 0 fully saturated rings. The molecule has 0 heterocycles. The van der Waals surface area contributed by atoms with Gasteiger partial charge in [0, 0.05) is 17.6 Å². The van der Waals surface area contributed by atoms with Crippen molar-refractivity contribution in [2.24, 2.45) is 0 Å². The van der Waals surface area contributed by atoms with Crippen molar-refractivity contribution in [1.82, 2.24) is 0 Å². The summed E-state index contributed by atoms with van der Waals surface area (Å²) in [5.74, 6) is 0. The van der Waals surface area contributed by atoms with Crippen LogP contribution in [0.15, 0.2) is 0 Å². The van der Waals surface area contributed by atoms with Gasteiger partial charge in [-0.05, 0) is 0 Å². The fraction of sp³-hybridized carbons (Fsp3) is 0. The normalized spacial score (nSPS) is 8.57. The van der Waals surface area contributed by atoms with Gasteiger partial charge in [0.05, 0.1) is 0 Å². The van der Waals surface area contributed by atoms with Crippen LogP contribution in [0.2, 0.25) is 0 Å². The summed E-state index contributed by atoms with van der Waals surface area (Å²) >= 11 is 0. The van der Waals surface area contributed by atoms with Gasteiger partial charge >= 0.3 is 21.7 Å². The molecule has 7 heteroatoms. The molecule has 0 aromatic rings. The average molecular weight is 213 g/mol. The summed E-state index contributed by atoms with van der Waals surface area (Å²) in [5, 5.41) is 0. The van der Waals surface area contributed by atoms with E-state index in [2.05, 4.69) is 0 Å². The zero-order valence-corrected chi connectivity index (χ0v) is 7.79. The second kappa shape index (κ2) is 5.45. The third-order valence-corrected chi connectivity index (χ3v) is 0. The molecular weight excluding hydrogens is 213 g/mol. The summed E-state index contributed by atoms with van der Waals surface area (Å²) in [6.45, 7) is 0. The Morgan fingerprint density at radius 3 is 0.857 bits per heavy atom. The Morgan fingerprint density at radius 1 is 0.857 bits per heavy atom. The Balaban J connectivity index is -0.0000000800. The van der Waals surface area contributed by atoms with Crippen molar-refractivity contribution in [3.05, 3.63) is 0 Å². The van der Waals surface area contributed by atoms with Gasteiger partial charge in [-0.25, -0.2) is 0 Å². The fourth-order valence-electron chi connectivity index (χ4n) is 0. The topological polar surface area (TPSA) is 92.2 Å². The maximum atomic E-state index is 8.58. The summed E-state index contributed by atoms with van der Waals surface area (Å²) in [4.78, 5) is 34.3. The third kappa shape index (κ3) is 120. The van der Waals surface area contributed by atoms with Crippen LogP contribution in [-0.2, 0) is 21.7 Å². The zero-order chi connectivity index (χ0) is 4.50. The molecule has 0 aromatic heterocycles. The molecule has 0 rings (SSSR count). The third-order valence-electron chi connectivity index (χ3n) is 0. The second-order valence-electron chi connectivity index (χ2n) is 0.500. The van der Waals surface area contributed by atoms with Crippen LogP contribution in [0.5, 0.6) is 0 Å². The monoisotopic (exact) mass is 214 g/mol. The number of rotatable bonds is 0.